The van der Waals surface area contributed by atoms with Crippen LogP contribution in [0.1, 0.15) is 45.3 Å². The Kier molecular flexibility index (Phi) is 6.63. The number of hydrogen-bond donors (Lipinski definition) is 3. The zero-order valence-corrected chi connectivity index (χ0v) is 21.0. The van der Waals surface area contributed by atoms with Gasteiger partial charge in [0.15, 0.2) is 0 Å². The van der Waals surface area contributed by atoms with E-state index in [1.54, 1.807) is 17.0 Å². The fourth-order valence-electron chi connectivity index (χ4n) is 5.55. The molecule has 0 spiro atoms. The van der Waals surface area contributed by atoms with Crippen LogP contribution in [-0.4, -0.2) is 44.5 Å². The van der Waals surface area contributed by atoms with E-state index in [1.807, 2.05) is 54.6 Å². The number of benzene rings is 3. The number of Topliss-reactive ketones (excluding diaryl/α,β-unsaturated/α-hetero) is 1. The molecule has 1 fully saturated rings. The Labute approximate surface area is 220 Å². The second-order valence-electron chi connectivity index (χ2n) is 10.0. The Morgan fingerprint density at radius 1 is 1.11 bits per heavy atom. The predicted octanol–water partition coefficient (Wildman–Crippen LogP) is 3.73. The molecule has 1 saturated heterocycles. The fraction of sp³-hybridized carbons (Fsp3) is 0.267. The second-order valence-corrected chi connectivity index (χ2v) is 10.0. The smallest absolute Gasteiger partial charge is 0.203 e. The molecule has 4 N–H and O–H groups in total. The van der Waals surface area contributed by atoms with Crippen LogP contribution in [-0.2, 0) is 19.6 Å². The van der Waals surface area contributed by atoms with E-state index in [-0.39, 0.29) is 11.9 Å². The van der Waals surface area contributed by atoms with Crippen LogP contribution in [0.3, 0.4) is 0 Å². The lowest BCUT2D eigenvalue weighted by molar-refractivity contribution is 0.0920. The number of aromatic nitrogens is 2. The third-order valence-electron chi connectivity index (χ3n) is 7.52. The second kappa shape index (κ2) is 10.2. The van der Waals surface area contributed by atoms with E-state index < -0.39 is 11.9 Å². The highest BCUT2D eigenvalue weighted by atomic mass is 19.1. The molecule has 1 aromatic heterocycles. The summed E-state index contributed by atoms with van der Waals surface area (Å²) in [6.45, 7) is 2.93. The van der Waals surface area contributed by atoms with Crippen molar-refractivity contribution in [3.63, 3.8) is 0 Å². The van der Waals surface area contributed by atoms with Crippen molar-refractivity contribution < 1.29 is 14.3 Å². The summed E-state index contributed by atoms with van der Waals surface area (Å²) < 4.78 is 17.4. The van der Waals surface area contributed by atoms with Crippen LogP contribution in [0, 0.1) is 5.82 Å². The highest BCUT2D eigenvalue weighted by Gasteiger charge is 2.34. The van der Waals surface area contributed by atoms with E-state index in [0.717, 1.165) is 40.9 Å². The molecule has 1 unspecified atom stereocenters. The van der Waals surface area contributed by atoms with E-state index in [4.69, 9.17) is 5.73 Å². The molecule has 194 valence electrons. The number of ketones is 1. The number of fused-ring (bicyclic) bond motifs is 1. The van der Waals surface area contributed by atoms with E-state index in [1.165, 1.54) is 6.07 Å². The Balaban J connectivity index is 1.29. The molecule has 8 heteroatoms. The number of carbonyl (C=O) groups excluding carboxylic acids is 1. The summed E-state index contributed by atoms with van der Waals surface area (Å²) in [5.41, 5.74) is 11.8. The molecule has 0 aliphatic carbocycles. The van der Waals surface area contributed by atoms with Crippen molar-refractivity contribution in [2.75, 3.05) is 13.1 Å². The van der Waals surface area contributed by atoms with Crippen LogP contribution in [0.4, 0.5) is 4.39 Å². The number of likely N-dealkylation sites (tertiary alicyclic amines) is 1. The Morgan fingerprint density at radius 3 is 2.76 bits per heavy atom. The number of halogens is 1. The van der Waals surface area contributed by atoms with Crippen LogP contribution in [0.2, 0.25) is 0 Å². The van der Waals surface area contributed by atoms with Crippen molar-refractivity contribution >= 4 is 5.78 Å². The number of imidazole rings is 1. The number of β-amino-alcohol motifs (C(OH)–C–C–N with tert-alkyl or cyclic N) is 1. The topological polar surface area (TPSA) is 96.4 Å². The lowest BCUT2D eigenvalue weighted by Crippen LogP contribution is -2.36. The number of nitrogens with two attached hydrogens (primary N) is 1. The first-order valence-electron chi connectivity index (χ1n) is 12.9. The lowest BCUT2D eigenvalue weighted by Gasteiger charge is -2.24. The minimum Gasteiger partial charge on any atom is -0.392 e. The fourth-order valence-corrected chi connectivity index (χ4v) is 5.55. The standard InChI is InChI=1S/C30H30FN5O2/c31-26-13-20(24-7-2-1-5-21(24)16-35-11-10-23(37)17-35)8-9-25(26)28-30(38)29-27(15-33-28)34-18-36(29)22-6-3-4-19(12-22)14-32/h1-9,12-13,18,23,28,33,37H,10-11,14-17,32H2/t23-,28?/m0/s1. The third-order valence-corrected chi connectivity index (χ3v) is 7.52. The Hall–Kier alpha value is -3.69. The largest absolute Gasteiger partial charge is 0.392 e. The molecule has 2 aliphatic heterocycles. The molecule has 0 radical (unpaired) electrons. The van der Waals surface area contributed by atoms with Crippen LogP contribution in [0.5, 0.6) is 0 Å². The highest BCUT2D eigenvalue weighted by Crippen LogP contribution is 2.32. The highest BCUT2D eigenvalue weighted by molar-refractivity contribution is 6.01. The summed E-state index contributed by atoms with van der Waals surface area (Å²) in [6.07, 6.45) is 2.12. The van der Waals surface area contributed by atoms with Gasteiger partial charge in [0.2, 0.25) is 5.78 Å². The summed E-state index contributed by atoms with van der Waals surface area (Å²) in [5.74, 6) is -0.652. The molecule has 6 rings (SSSR count). The molecule has 0 amide bonds. The van der Waals surface area contributed by atoms with Crippen molar-refractivity contribution in [1.29, 1.82) is 0 Å². The lowest BCUT2D eigenvalue weighted by atomic mass is 9.92. The number of nitrogens with one attached hydrogen (secondary N) is 1. The Morgan fingerprint density at radius 2 is 1.97 bits per heavy atom. The summed E-state index contributed by atoms with van der Waals surface area (Å²) in [6, 6.07) is 19.9. The summed E-state index contributed by atoms with van der Waals surface area (Å²) >= 11 is 0. The summed E-state index contributed by atoms with van der Waals surface area (Å²) in [4.78, 5) is 20.3. The number of aliphatic hydroxyl groups excluding tert-OH is 1. The molecule has 0 saturated carbocycles. The number of aliphatic hydroxyl groups is 1. The molecule has 3 heterocycles. The quantitative estimate of drug-likeness (QED) is 0.365. The van der Waals surface area contributed by atoms with Gasteiger partial charge in [-0.25, -0.2) is 9.37 Å². The first-order valence-corrected chi connectivity index (χ1v) is 12.9. The van der Waals surface area contributed by atoms with Crippen molar-refractivity contribution in [2.24, 2.45) is 5.73 Å². The van der Waals surface area contributed by atoms with Crippen molar-refractivity contribution in [2.45, 2.75) is 38.2 Å². The van der Waals surface area contributed by atoms with Crippen LogP contribution in [0.15, 0.2) is 73.1 Å². The predicted molar refractivity (Wildman–Crippen MR) is 143 cm³/mol. The third kappa shape index (κ3) is 4.56. The molecule has 4 aromatic rings. The summed E-state index contributed by atoms with van der Waals surface area (Å²) in [5, 5.41) is 13.1. The first kappa shape index (κ1) is 24.6. The molecule has 2 aliphatic rings. The van der Waals surface area contributed by atoms with E-state index in [9.17, 15) is 9.90 Å². The van der Waals surface area contributed by atoms with Gasteiger partial charge in [-0.1, -0.05) is 48.5 Å². The molecule has 0 bridgehead atoms. The maximum atomic E-state index is 15.6. The van der Waals surface area contributed by atoms with Gasteiger partial charge in [-0.05, 0) is 46.9 Å². The van der Waals surface area contributed by atoms with Crippen molar-refractivity contribution in [1.82, 2.24) is 19.8 Å². The zero-order valence-electron chi connectivity index (χ0n) is 21.0. The van der Waals surface area contributed by atoms with E-state index >= 15 is 4.39 Å². The average Bonchev–Trinajstić information content (AvgIpc) is 3.56. The summed E-state index contributed by atoms with van der Waals surface area (Å²) in [7, 11) is 0. The van der Waals surface area contributed by atoms with Gasteiger partial charge in [-0.15, -0.1) is 0 Å². The minimum absolute atomic E-state index is 0.221. The van der Waals surface area contributed by atoms with Crippen LogP contribution < -0.4 is 11.1 Å². The average molecular weight is 512 g/mol. The van der Waals surface area contributed by atoms with Gasteiger partial charge in [0.25, 0.3) is 0 Å². The molecule has 38 heavy (non-hydrogen) atoms. The normalized spacial score (nSPS) is 19.6. The van der Waals surface area contributed by atoms with Gasteiger partial charge in [-0.3, -0.25) is 19.6 Å². The van der Waals surface area contributed by atoms with Gasteiger partial charge in [0.05, 0.1) is 11.8 Å². The molecule has 3 aromatic carbocycles. The van der Waals surface area contributed by atoms with Gasteiger partial charge in [0, 0.05) is 44.0 Å². The molecular weight excluding hydrogens is 481 g/mol. The number of hydrogen-bond acceptors (Lipinski definition) is 6. The van der Waals surface area contributed by atoms with Crippen molar-refractivity contribution in [3.05, 3.63) is 107 Å². The number of nitrogens with zero attached hydrogens (tertiary/aromatic N) is 3. The van der Waals surface area contributed by atoms with Gasteiger partial charge in [-0.2, -0.15) is 0 Å². The van der Waals surface area contributed by atoms with E-state index in [2.05, 4.69) is 15.2 Å². The number of carbonyl (C=O) groups is 1. The first-order chi connectivity index (χ1) is 18.5. The Bertz CT molecular complexity index is 1500. The van der Waals surface area contributed by atoms with Gasteiger partial charge < -0.3 is 10.8 Å². The van der Waals surface area contributed by atoms with Crippen LogP contribution >= 0.6 is 0 Å². The SMILES string of the molecule is NCc1cccc(-n2cnc3c2C(=O)C(c2ccc(-c4ccccc4CN4CC[C@H](O)C4)cc2F)NC3)c1. The maximum absolute atomic E-state index is 15.6. The minimum atomic E-state index is -0.814. The molecular formula is C30H30FN5O2. The molecule has 2 atom stereocenters. The zero-order chi connectivity index (χ0) is 26.2. The van der Waals surface area contributed by atoms with E-state index in [0.29, 0.717) is 43.1 Å². The molecule has 7 nitrogen and oxygen atoms in total. The monoisotopic (exact) mass is 511 g/mol. The van der Waals surface area contributed by atoms with Gasteiger partial charge in [0.1, 0.15) is 23.9 Å². The van der Waals surface area contributed by atoms with Crippen LogP contribution in [0.25, 0.3) is 16.8 Å². The van der Waals surface area contributed by atoms with Gasteiger partial charge >= 0.3 is 0 Å². The number of rotatable bonds is 6. The maximum Gasteiger partial charge on any atom is 0.203 e. The van der Waals surface area contributed by atoms with Crippen molar-refractivity contribution in [3.8, 4) is 16.8 Å².